The molecule has 2 aromatic rings. The number of aliphatic carboxylic acids is 1. The van der Waals surface area contributed by atoms with E-state index in [1.54, 1.807) is 17.5 Å². The number of hydrogen-bond donors (Lipinski definition) is 2. The molecule has 0 aliphatic heterocycles. The highest BCUT2D eigenvalue weighted by atomic mass is 32.1. The van der Waals surface area contributed by atoms with Gasteiger partial charge in [-0.15, -0.1) is 11.3 Å². The van der Waals surface area contributed by atoms with Crippen molar-refractivity contribution in [1.82, 2.24) is 10.3 Å². The summed E-state index contributed by atoms with van der Waals surface area (Å²) in [6.45, 7) is 0. The lowest BCUT2D eigenvalue weighted by Gasteiger charge is -2.10. The van der Waals surface area contributed by atoms with Crippen LogP contribution in [-0.2, 0) is 4.79 Å². The minimum absolute atomic E-state index is 0.00695. The predicted molar refractivity (Wildman–Crippen MR) is 90.4 cm³/mol. The number of nitrogens with zero attached hydrogens (tertiary/aromatic N) is 2. The second kappa shape index (κ2) is 6.98. The van der Waals surface area contributed by atoms with Crippen LogP contribution in [0.2, 0.25) is 0 Å². The Morgan fingerprint density at radius 1 is 1.28 bits per heavy atom. The zero-order valence-electron chi connectivity index (χ0n) is 13.0. The third-order valence-corrected chi connectivity index (χ3v) is 5.07. The Morgan fingerprint density at radius 3 is 2.60 bits per heavy atom. The van der Waals surface area contributed by atoms with E-state index in [1.807, 2.05) is 0 Å². The minimum atomic E-state index is -0.828. The molecule has 1 aliphatic rings. The van der Waals surface area contributed by atoms with E-state index in [9.17, 15) is 19.7 Å². The third kappa shape index (κ3) is 3.82. The van der Waals surface area contributed by atoms with Crippen molar-refractivity contribution in [3.63, 3.8) is 0 Å². The molecule has 1 amide bonds. The molecule has 9 heteroatoms. The highest BCUT2D eigenvalue weighted by molar-refractivity contribution is 7.13. The van der Waals surface area contributed by atoms with Crippen LogP contribution in [0.1, 0.15) is 29.8 Å². The topological polar surface area (TPSA) is 122 Å². The minimum Gasteiger partial charge on any atom is -0.481 e. The highest BCUT2D eigenvalue weighted by Crippen LogP contribution is 2.28. The van der Waals surface area contributed by atoms with Gasteiger partial charge in [-0.2, -0.15) is 0 Å². The summed E-state index contributed by atoms with van der Waals surface area (Å²) in [4.78, 5) is 37.7. The summed E-state index contributed by atoms with van der Waals surface area (Å²) in [7, 11) is 0. The van der Waals surface area contributed by atoms with Crippen LogP contribution in [0.4, 0.5) is 5.69 Å². The number of benzene rings is 1. The van der Waals surface area contributed by atoms with E-state index in [0.717, 1.165) is 0 Å². The van der Waals surface area contributed by atoms with Crippen molar-refractivity contribution in [3.05, 3.63) is 45.5 Å². The Kier molecular flexibility index (Phi) is 4.75. The molecule has 0 bridgehead atoms. The number of carboxylic acids is 1. The maximum absolute atomic E-state index is 12.3. The van der Waals surface area contributed by atoms with E-state index in [-0.39, 0.29) is 23.3 Å². The summed E-state index contributed by atoms with van der Waals surface area (Å²) in [6.07, 6.45) is 1.63. The molecule has 25 heavy (non-hydrogen) atoms. The van der Waals surface area contributed by atoms with Gasteiger partial charge < -0.3 is 10.4 Å². The molecular formula is C16H15N3O5S. The summed E-state index contributed by atoms with van der Waals surface area (Å²) in [6, 6.07) is 5.81. The van der Waals surface area contributed by atoms with Crippen LogP contribution in [0, 0.1) is 16.0 Å². The van der Waals surface area contributed by atoms with Crippen LogP contribution in [0.3, 0.4) is 0 Å². The van der Waals surface area contributed by atoms with Crippen molar-refractivity contribution < 1.29 is 19.6 Å². The first-order chi connectivity index (χ1) is 11.9. The highest BCUT2D eigenvalue weighted by Gasteiger charge is 2.31. The Labute approximate surface area is 146 Å². The number of hydrogen-bond acceptors (Lipinski definition) is 6. The summed E-state index contributed by atoms with van der Waals surface area (Å²) < 4.78 is 0. The summed E-state index contributed by atoms with van der Waals surface area (Å²) >= 11 is 1.27. The third-order valence-electron chi connectivity index (χ3n) is 4.18. The monoisotopic (exact) mass is 361 g/mol. The molecular weight excluding hydrogens is 346 g/mol. The molecule has 130 valence electrons. The van der Waals surface area contributed by atoms with Gasteiger partial charge in [0, 0.05) is 29.1 Å². The largest absolute Gasteiger partial charge is 0.481 e. The number of aromatic nitrogens is 1. The first kappa shape index (κ1) is 17.0. The zero-order chi connectivity index (χ0) is 18.0. The number of carbonyl (C=O) groups is 2. The van der Waals surface area contributed by atoms with E-state index in [0.29, 0.717) is 29.8 Å². The maximum atomic E-state index is 12.3. The number of carboxylic acid groups (broad SMARTS) is 1. The molecule has 1 aromatic heterocycles. The number of carbonyl (C=O) groups excluding carboxylic acids is 1. The van der Waals surface area contributed by atoms with Crippen molar-refractivity contribution in [2.45, 2.75) is 25.3 Å². The van der Waals surface area contributed by atoms with E-state index in [4.69, 9.17) is 5.11 Å². The van der Waals surface area contributed by atoms with E-state index in [2.05, 4.69) is 10.3 Å². The molecule has 0 spiro atoms. The van der Waals surface area contributed by atoms with Crippen molar-refractivity contribution in [2.75, 3.05) is 0 Å². The molecule has 3 rings (SSSR count). The number of amides is 1. The average molecular weight is 361 g/mol. The fourth-order valence-corrected chi connectivity index (χ4v) is 3.64. The number of nitro benzene ring substituents is 1. The fraction of sp³-hybridized carbons (Fsp3) is 0.312. The second-order valence-corrected chi connectivity index (χ2v) is 6.72. The van der Waals surface area contributed by atoms with Crippen LogP contribution >= 0.6 is 11.3 Å². The molecule has 1 heterocycles. The number of rotatable bonds is 5. The normalized spacial score (nSPS) is 19.5. The Morgan fingerprint density at radius 2 is 2.00 bits per heavy atom. The lowest BCUT2D eigenvalue weighted by Crippen LogP contribution is -2.33. The first-order valence-electron chi connectivity index (χ1n) is 7.68. The average Bonchev–Trinajstić information content (AvgIpc) is 3.24. The standard InChI is InChI=1S/C16H15N3O5S/c20-14(17-11-4-1-10(7-11)16(21)22)13-8-25-15(18-13)9-2-5-12(6-3-9)19(23)24/h2-3,5-6,8,10-11H,1,4,7H2,(H,17,20)(H,21,22)/t10-,11+/m1/s1. The predicted octanol–water partition coefficient (Wildman–Crippen LogP) is 2.70. The summed E-state index contributed by atoms with van der Waals surface area (Å²) in [5.41, 5.74) is 0.950. The van der Waals surface area contributed by atoms with E-state index >= 15 is 0 Å². The van der Waals surface area contributed by atoms with Gasteiger partial charge in [0.15, 0.2) is 0 Å². The number of nitrogens with one attached hydrogen (secondary N) is 1. The number of thiazole rings is 1. The van der Waals surface area contributed by atoms with E-state index in [1.165, 1.54) is 23.5 Å². The summed E-state index contributed by atoms with van der Waals surface area (Å²) in [5.74, 6) is -1.57. The van der Waals surface area contributed by atoms with Gasteiger partial charge in [-0.05, 0) is 31.4 Å². The molecule has 8 nitrogen and oxygen atoms in total. The molecule has 1 saturated carbocycles. The second-order valence-electron chi connectivity index (χ2n) is 5.86. The lowest BCUT2D eigenvalue weighted by molar-refractivity contribution is -0.384. The van der Waals surface area contributed by atoms with Gasteiger partial charge in [0.2, 0.25) is 0 Å². The van der Waals surface area contributed by atoms with Crippen molar-refractivity contribution >= 4 is 28.9 Å². The molecule has 2 N–H and O–H groups in total. The molecule has 2 atom stereocenters. The molecule has 1 aliphatic carbocycles. The van der Waals surface area contributed by atoms with Crippen LogP contribution in [0.15, 0.2) is 29.6 Å². The van der Waals surface area contributed by atoms with Crippen LogP contribution in [-0.4, -0.2) is 32.9 Å². The Hall–Kier alpha value is -2.81. The number of non-ortho nitro benzene ring substituents is 1. The molecule has 0 saturated heterocycles. The smallest absolute Gasteiger partial charge is 0.306 e. The van der Waals surface area contributed by atoms with Gasteiger partial charge in [0.05, 0.1) is 10.8 Å². The fourth-order valence-electron chi connectivity index (χ4n) is 2.83. The molecule has 1 fully saturated rings. The Bertz CT molecular complexity index is 817. The van der Waals surface area contributed by atoms with Crippen LogP contribution in [0.5, 0.6) is 0 Å². The van der Waals surface area contributed by atoms with Crippen molar-refractivity contribution in [1.29, 1.82) is 0 Å². The van der Waals surface area contributed by atoms with Crippen molar-refractivity contribution in [3.8, 4) is 10.6 Å². The zero-order valence-corrected chi connectivity index (χ0v) is 13.9. The van der Waals surface area contributed by atoms with Crippen molar-refractivity contribution in [2.24, 2.45) is 5.92 Å². The van der Waals surface area contributed by atoms with Gasteiger partial charge in [-0.1, -0.05) is 0 Å². The van der Waals surface area contributed by atoms with Gasteiger partial charge in [-0.25, -0.2) is 4.98 Å². The SMILES string of the molecule is O=C(N[C@H]1CC[C@@H](C(=O)O)C1)c1csc(-c2ccc([N+](=O)[O-])cc2)n1. The van der Waals surface area contributed by atoms with Gasteiger partial charge in [-0.3, -0.25) is 19.7 Å². The van der Waals surface area contributed by atoms with Gasteiger partial charge in [0.25, 0.3) is 11.6 Å². The summed E-state index contributed by atoms with van der Waals surface area (Å²) in [5, 5.41) is 24.7. The quantitative estimate of drug-likeness (QED) is 0.623. The van der Waals surface area contributed by atoms with Gasteiger partial charge >= 0.3 is 5.97 Å². The van der Waals surface area contributed by atoms with Gasteiger partial charge in [0.1, 0.15) is 10.7 Å². The van der Waals surface area contributed by atoms with E-state index < -0.39 is 16.8 Å². The molecule has 0 radical (unpaired) electrons. The molecule has 0 unspecified atom stereocenters. The lowest BCUT2D eigenvalue weighted by atomic mass is 10.1. The first-order valence-corrected chi connectivity index (χ1v) is 8.56. The molecule has 1 aromatic carbocycles. The van der Waals surface area contributed by atoms with Crippen LogP contribution in [0.25, 0.3) is 10.6 Å². The number of nitro groups is 1. The Balaban J connectivity index is 1.65. The maximum Gasteiger partial charge on any atom is 0.306 e. The van der Waals surface area contributed by atoms with Crippen LogP contribution < -0.4 is 5.32 Å².